The summed E-state index contributed by atoms with van der Waals surface area (Å²) in [6.07, 6.45) is 7.68. The Hall–Kier alpha value is -1.16. The molecule has 1 aliphatic carbocycles. The van der Waals surface area contributed by atoms with E-state index in [1.54, 1.807) is 6.33 Å². The first-order chi connectivity index (χ1) is 7.93. The lowest BCUT2D eigenvalue weighted by molar-refractivity contribution is 0.478. The molecule has 1 atom stereocenters. The third kappa shape index (κ3) is 1.89. The third-order valence-corrected chi connectivity index (χ3v) is 3.51. The van der Waals surface area contributed by atoms with Gasteiger partial charge < -0.3 is 10.6 Å². The molecule has 2 heterocycles. The predicted molar refractivity (Wildman–Crippen MR) is 63.6 cm³/mol. The molecule has 4 nitrogen and oxygen atoms in total. The second-order valence-electron chi connectivity index (χ2n) is 4.69. The van der Waals surface area contributed by atoms with Crippen molar-refractivity contribution in [2.24, 2.45) is 0 Å². The number of piperidine rings is 1. The average Bonchev–Trinajstić information content (AvgIpc) is 2.80. The highest BCUT2D eigenvalue weighted by Crippen LogP contribution is 2.25. The lowest BCUT2D eigenvalue weighted by Crippen LogP contribution is -2.38. The van der Waals surface area contributed by atoms with Crippen LogP contribution in [0.15, 0.2) is 6.33 Å². The predicted octanol–water partition coefficient (Wildman–Crippen LogP) is 1.13. The van der Waals surface area contributed by atoms with Crippen molar-refractivity contribution in [2.45, 2.75) is 38.1 Å². The van der Waals surface area contributed by atoms with Crippen molar-refractivity contribution in [2.75, 3.05) is 18.4 Å². The zero-order chi connectivity index (χ0) is 10.8. The van der Waals surface area contributed by atoms with Crippen LogP contribution >= 0.6 is 0 Å². The Bertz CT molecular complexity index is 371. The van der Waals surface area contributed by atoms with Crippen molar-refractivity contribution in [1.29, 1.82) is 0 Å². The van der Waals surface area contributed by atoms with Crippen LogP contribution in [0.25, 0.3) is 0 Å². The highest BCUT2D eigenvalue weighted by molar-refractivity contribution is 5.48. The maximum atomic E-state index is 4.39. The molecule has 0 aromatic carbocycles. The maximum absolute atomic E-state index is 4.39. The van der Waals surface area contributed by atoms with Crippen LogP contribution < -0.4 is 10.6 Å². The summed E-state index contributed by atoms with van der Waals surface area (Å²) in [6, 6.07) is 0.536. The summed E-state index contributed by atoms with van der Waals surface area (Å²) in [7, 11) is 0. The summed E-state index contributed by atoms with van der Waals surface area (Å²) in [5.41, 5.74) is 2.61. The molecule has 0 saturated carbocycles. The molecule has 1 fully saturated rings. The number of aromatic nitrogens is 2. The molecule has 16 heavy (non-hydrogen) atoms. The zero-order valence-electron chi connectivity index (χ0n) is 9.50. The summed E-state index contributed by atoms with van der Waals surface area (Å²) >= 11 is 0. The minimum Gasteiger partial charge on any atom is -0.366 e. The van der Waals surface area contributed by atoms with E-state index >= 15 is 0 Å². The van der Waals surface area contributed by atoms with Gasteiger partial charge in [-0.3, -0.25) is 0 Å². The van der Waals surface area contributed by atoms with Crippen LogP contribution in [0.3, 0.4) is 0 Å². The topological polar surface area (TPSA) is 49.8 Å². The van der Waals surface area contributed by atoms with Gasteiger partial charge in [0.2, 0.25) is 0 Å². The van der Waals surface area contributed by atoms with Gasteiger partial charge in [0.25, 0.3) is 0 Å². The van der Waals surface area contributed by atoms with Crippen LogP contribution in [-0.2, 0) is 12.8 Å². The molecule has 0 spiro atoms. The van der Waals surface area contributed by atoms with Crippen LogP contribution in [0.2, 0.25) is 0 Å². The van der Waals surface area contributed by atoms with E-state index in [9.17, 15) is 0 Å². The molecule has 1 aromatic heterocycles. The Morgan fingerprint density at radius 2 is 2.25 bits per heavy atom. The second-order valence-corrected chi connectivity index (χ2v) is 4.69. The monoisotopic (exact) mass is 218 g/mol. The first-order valence-electron chi connectivity index (χ1n) is 6.23. The molecule has 2 N–H and O–H groups in total. The molecule has 0 amide bonds. The molecule has 0 bridgehead atoms. The summed E-state index contributed by atoms with van der Waals surface area (Å²) in [4.78, 5) is 8.74. The fraction of sp³-hybridized carbons (Fsp3) is 0.667. The van der Waals surface area contributed by atoms with E-state index in [2.05, 4.69) is 20.6 Å². The van der Waals surface area contributed by atoms with E-state index in [4.69, 9.17) is 0 Å². The van der Waals surface area contributed by atoms with Gasteiger partial charge >= 0.3 is 0 Å². The Morgan fingerprint density at radius 1 is 1.25 bits per heavy atom. The molecule has 4 heteroatoms. The molecule has 1 saturated heterocycles. The second kappa shape index (κ2) is 4.37. The quantitative estimate of drug-likeness (QED) is 0.781. The van der Waals surface area contributed by atoms with E-state index in [0.717, 1.165) is 31.7 Å². The molecule has 3 rings (SSSR count). The summed E-state index contributed by atoms with van der Waals surface area (Å²) in [6.45, 7) is 2.21. The Morgan fingerprint density at radius 3 is 3.12 bits per heavy atom. The van der Waals surface area contributed by atoms with Gasteiger partial charge in [0.15, 0.2) is 0 Å². The summed E-state index contributed by atoms with van der Waals surface area (Å²) in [5.74, 6) is 1.08. The van der Waals surface area contributed by atoms with Crippen molar-refractivity contribution in [1.82, 2.24) is 15.3 Å². The Labute approximate surface area is 95.9 Å². The van der Waals surface area contributed by atoms with Gasteiger partial charge in [0.05, 0.1) is 0 Å². The molecular weight excluding hydrogens is 200 g/mol. The van der Waals surface area contributed by atoms with Gasteiger partial charge in [-0.25, -0.2) is 9.97 Å². The number of nitrogens with zero attached hydrogens (tertiary/aromatic N) is 2. The third-order valence-electron chi connectivity index (χ3n) is 3.51. The Balaban J connectivity index is 1.76. The van der Waals surface area contributed by atoms with E-state index in [-0.39, 0.29) is 0 Å². The Kier molecular flexibility index (Phi) is 2.74. The summed E-state index contributed by atoms with van der Waals surface area (Å²) < 4.78 is 0. The number of aryl methyl sites for hydroxylation is 1. The number of hydrogen-bond acceptors (Lipinski definition) is 4. The van der Waals surface area contributed by atoms with Gasteiger partial charge in [-0.15, -0.1) is 0 Å². The number of rotatable bonds is 2. The van der Waals surface area contributed by atoms with Crippen LogP contribution in [0.1, 0.15) is 30.5 Å². The van der Waals surface area contributed by atoms with E-state index in [0.29, 0.717) is 6.04 Å². The van der Waals surface area contributed by atoms with E-state index in [1.807, 2.05) is 0 Å². The average molecular weight is 218 g/mol. The van der Waals surface area contributed by atoms with Crippen molar-refractivity contribution in [3.63, 3.8) is 0 Å². The zero-order valence-corrected chi connectivity index (χ0v) is 9.50. The largest absolute Gasteiger partial charge is 0.366 e. The first-order valence-corrected chi connectivity index (χ1v) is 6.23. The van der Waals surface area contributed by atoms with E-state index in [1.165, 1.54) is 30.5 Å². The van der Waals surface area contributed by atoms with Crippen LogP contribution in [0.4, 0.5) is 5.82 Å². The van der Waals surface area contributed by atoms with Crippen molar-refractivity contribution < 1.29 is 0 Å². The number of nitrogens with one attached hydrogen (secondary N) is 2. The molecule has 0 radical (unpaired) electrons. The SMILES string of the molecule is c1nc2c(c(NC3CCCNC3)n1)CCC2. The van der Waals surface area contributed by atoms with Crippen molar-refractivity contribution in [3.05, 3.63) is 17.6 Å². The van der Waals surface area contributed by atoms with Crippen LogP contribution in [0, 0.1) is 0 Å². The molecule has 86 valence electrons. The lowest BCUT2D eigenvalue weighted by atomic mass is 10.1. The van der Waals surface area contributed by atoms with Gasteiger partial charge in [0, 0.05) is 23.8 Å². The summed E-state index contributed by atoms with van der Waals surface area (Å²) in [5, 5.41) is 6.98. The molecular formula is C12H18N4. The number of hydrogen-bond donors (Lipinski definition) is 2. The van der Waals surface area contributed by atoms with Crippen molar-refractivity contribution >= 4 is 5.82 Å². The lowest BCUT2D eigenvalue weighted by Gasteiger charge is -2.25. The van der Waals surface area contributed by atoms with Gasteiger partial charge in [-0.2, -0.15) is 0 Å². The maximum Gasteiger partial charge on any atom is 0.133 e. The standard InChI is InChI=1S/C12H18N4/c1-4-10-11(5-1)14-8-15-12(10)16-9-3-2-6-13-7-9/h8-9,13H,1-7H2,(H,14,15,16). The molecule has 1 aliphatic heterocycles. The van der Waals surface area contributed by atoms with Crippen LogP contribution in [-0.4, -0.2) is 29.1 Å². The normalized spacial score (nSPS) is 24.1. The van der Waals surface area contributed by atoms with E-state index < -0.39 is 0 Å². The minimum atomic E-state index is 0.536. The molecule has 2 aliphatic rings. The highest BCUT2D eigenvalue weighted by atomic mass is 15.1. The number of anilines is 1. The number of fused-ring (bicyclic) bond motifs is 1. The van der Waals surface area contributed by atoms with Gasteiger partial charge in [-0.05, 0) is 38.6 Å². The van der Waals surface area contributed by atoms with Crippen molar-refractivity contribution in [3.8, 4) is 0 Å². The fourth-order valence-electron chi connectivity index (χ4n) is 2.65. The molecule has 1 unspecified atom stereocenters. The molecule has 1 aromatic rings. The van der Waals surface area contributed by atoms with Gasteiger partial charge in [0.1, 0.15) is 12.1 Å². The van der Waals surface area contributed by atoms with Crippen LogP contribution in [0.5, 0.6) is 0 Å². The van der Waals surface area contributed by atoms with Gasteiger partial charge in [-0.1, -0.05) is 0 Å². The minimum absolute atomic E-state index is 0.536. The smallest absolute Gasteiger partial charge is 0.133 e. The highest BCUT2D eigenvalue weighted by Gasteiger charge is 2.19. The first kappa shape index (κ1) is 10.0. The fourth-order valence-corrected chi connectivity index (χ4v) is 2.65.